The highest BCUT2D eigenvalue weighted by Gasteiger charge is 2.47. The molecule has 0 saturated heterocycles. The minimum absolute atomic E-state index is 0. The van der Waals surface area contributed by atoms with Crippen LogP contribution in [0.4, 0.5) is 0 Å². The van der Waals surface area contributed by atoms with Crippen LogP contribution in [0.1, 0.15) is 30.0 Å². The second-order valence-electron chi connectivity index (χ2n) is 5.08. The lowest BCUT2D eigenvalue weighted by atomic mass is 10.1. The van der Waals surface area contributed by atoms with Crippen molar-refractivity contribution in [2.75, 3.05) is 0 Å². The van der Waals surface area contributed by atoms with Crippen molar-refractivity contribution in [1.82, 2.24) is 5.32 Å². The summed E-state index contributed by atoms with van der Waals surface area (Å²) in [6, 6.07) is 7.50. The van der Waals surface area contributed by atoms with E-state index in [2.05, 4.69) is 5.32 Å². The van der Waals surface area contributed by atoms with Crippen LogP contribution in [0.25, 0.3) is 0 Å². The van der Waals surface area contributed by atoms with E-state index >= 15 is 0 Å². The summed E-state index contributed by atoms with van der Waals surface area (Å²) in [5.74, 6) is -0.141. The highest BCUT2D eigenvalue weighted by Crippen LogP contribution is 2.35. The molecule has 1 aromatic rings. The van der Waals surface area contributed by atoms with Crippen LogP contribution in [0.3, 0.4) is 0 Å². The Hall–Kier alpha value is -1.10. The molecule has 0 spiro atoms. The molecule has 0 aromatic heterocycles. The highest BCUT2D eigenvalue weighted by molar-refractivity contribution is 5.89. The number of carbonyl (C=O) groups is 1. The Balaban J connectivity index is 0.00000120. The van der Waals surface area contributed by atoms with Gasteiger partial charge in [-0.3, -0.25) is 4.79 Å². The van der Waals surface area contributed by atoms with E-state index in [4.69, 9.17) is 5.73 Å². The largest absolute Gasteiger partial charge is 0.390 e. The number of aliphatic hydroxyl groups is 1. The Labute approximate surface area is 112 Å². The van der Waals surface area contributed by atoms with E-state index in [0.29, 0.717) is 6.42 Å². The molecule has 98 valence electrons. The number of hydrogen-bond donors (Lipinski definition) is 3. The van der Waals surface area contributed by atoms with E-state index in [1.165, 1.54) is 0 Å². The summed E-state index contributed by atoms with van der Waals surface area (Å²) in [5.41, 5.74) is 7.27. The van der Waals surface area contributed by atoms with Gasteiger partial charge in [0.2, 0.25) is 5.91 Å². The number of halogens is 1. The predicted octanol–water partition coefficient (Wildman–Crippen LogP) is 0.674. The van der Waals surface area contributed by atoms with Crippen molar-refractivity contribution in [2.45, 2.75) is 36.9 Å². The molecule has 3 rings (SSSR count). The zero-order valence-electron chi connectivity index (χ0n) is 9.93. The summed E-state index contributed by atoms with van der Waals surface area (Å²) >= 11 is 0. The van der Waals surface area contributed by atoms with Gasteiger partial charge >= 0.3 is 0 Å². The third kappa shape index (κ3) is 2.11. The molecule has 1 aromatic carbocycles. The number of nitrogens with two attached hydrogens (primary N) is 1. The summed E-state index contributed by atoms with van der Waals surface area (Å²) < 4.78 is 0. The molecular weight excluding hydrogens is 252 g/mol. The molecule has 0 unspecified atom stereocenters. The number of aliphatic hydroxyl groups excluding tert-OH is 1. The third-order valence-electron chi connectivity index (χ3n) is 3.73. The fraction of sp³-hybridized carbons (Fsp3) is 0.462. The number of carbonyl (C=O) groups excluding carboxylic acids is 1. The molecule has 5 heteroatoms. The monoisotopic (exact) mass is 268 g/mol. The lowest BCUT2D eigenvalue weighted by Gasteiger charge is -2.20. The molecule has 0 aliphatic heterocycles. The predicted molar refractivity (Wildman–Crippen MR) is 70.4 cm³/mol. The van der Waals surface area contributed by atoms with Gasteiger partial charge in [-0.25, -0.2) is 0 Å². The van der Waals surface area contributed by atoms with Crippen molar-refractivity contribution >= 4 is 18.3 Å². The van der Waals surface area contributed by atoms with Crippen LogP contribution in [-0.2, 0) is 11.2 Å². The maximum Gasteiger partial charge on any atom is 0.240 e. The van der Waals surface area contributed by atoms with Crippen LogP contribution < -0.4 is 11.1 Å². The molecule has 0 heterocycles. The standard InChI is InChI=1S/C13H16N2O2.ClH/c14-13(5-6-13)12(17)15-11-9-4-2-1-3-8(9)7-10(11)16;/h1-4,10-11,16H,5-7,14H2,(H,15,17);1H/t10-,11+;/m1./s1. The number of amides is 1. The highest BCUT2D eigenvalue weighted by atomic mass is 35.5. The molecule has 0 radical (unpaired) electrons. The summed E-state index contributed by atoms with van der Waals surface area (Å²) in [6.45, 7) is 0. The maximum absolute atomic E-state index is 11.9. The Kier molecular flexibility index (Phi) is 3.36. The summed E-state index contributed by atoms with van der Waals surface area (Å²) in [7, 11) is 0. The molecule has 2 aliphatic rings. The van der Waals surface area contributed by atoms with Crippen LogP contribution >= 0.6 is 12.4 Å². The van der Waals surface area contributed by atoms with Gasteiger partial charge in [0.1, 0.15) is 0 Å². The average Bonchev–Trinajstić information content (AvgIpc) is 2.98. The van der Waals surface area contributed by atoms with Crippen molar-refractivity contribution < 1.29 is 9.90 Å². The van der Waals surface area contributed by atoms with Gasteiger partial charge in [0, 0.05) is 6.42 Å². The van der Waals surface area contributed by atoms with Gasteiger partial charge in [0.25, 0.3) is 0 Å². The van der Waals surface area contributed by atoms with Crippen molar-refractivity contribution in [2.24, 2.45) is 5.73 Å². The van der Waals surface area contributed by atoms with E-state index in [1.54, 1.807) is 0 Å². The molecule has 2 atom stereocenters. The second-order valence-corrected chi connectivity index (χ2v) is 5.08. The Morgan fingerprint density at radius 1 is 1.39 bits per heavy atom. The first-order valence-corrected chi connectivity index (χ1v) is 5.96. The minimum Gasteiger partial charge on any atom is -0.390 e. The lowest BCUT2D eigenvalue weighted by molar-refractivity contribution is -0.124. The number of nitrogens with one attached hydrogen (secondary N) is 1. The average molecular weight is 269 g/mol. The molecule has 4 nitrogen and oxygen atoms in total. The van der Waals surface area contributed by atoms with E-state index < -0.39 is 11.6 Å². The topological polar surface area (TPSA) is 75.4 Å². The van der Waals surface area contributed by atoms with Gasteiger partial charge in [-0.1, -0.05) is 24.3 Å². The summed E-state index contributed by atoms with van der Waals surface area (Å²) in [6.07, 6.45) is 1.53. The van der Waals surface area contributed by atoms with E-state index in [-0.39, 0.29) is 24.4 Å². The number of rotatable bonds is 2. The van der Waals surface area contributed by atoms with Gasteiger partial charge in [-0.2, -0.15) is 0 Å². The van der Waals surface area contributed by atoms with Crippen molar-refractivity contribution in [3.05, 3.63) is 35.4 Å². The lowest BCUT2D eigenvalue weighted by Crippen LogP contribution is -2.46. The maximum atomic E-state index is 11.9. The van der Waals surface area contributed by atoms with E-state index in [9.17, 15) is 9.90 Å². The van der Waals surface area contributed by atoms with Crippen LogP contribution in [0.5, 0.6) is 0 Å². The van der Waals surface area contributed by atoms with E-state index in [0.717, 1.165) is 24.0 Å². The first-order chi connectivity index (χ1) is 8.10. The molecule has 2 aliphatic carbocycles. The van der Waals surface area contributed by atoms with Gasteiger partial charge < -0.3 is 16.2 Å². The molecule has 4 N–H and O–H groups in total. The van der Waals surface area contributed by atoms with Crippen LogP contribution in [0.15, 0.2) is 24.3 Å². The fourth-order valence-corrected chi connectivity index (χ4v) is 2.39. The number of hydrogen-bond acceptors (Lipinski definition) is 3. The Morgan fingerprint density at radius 3 is 2.72 bits per heavy atom. The molecule has 1 saturated carbocycles. The fourth-order valence-electron chi connectivity index (χ4n) is 2.39. The van der Waals surface area contributed by atoms with Gasteiger partial charge in [0.05, 0.1) is 17.7 Å². The minimum atomic E-state index is -0.683. The van der Waals surface area contributed by atoms with Gasteiger partial charge in [0.15, 0.2) is 0 Å². The normalized spacial score (nSPS) is 27.0. The SMILES string of the molecule is Cl.NC1(C(=O)N[C@H]2c3ccccc3C[C@H]2O)CC1. The summed E-state index contributed by atoms with van der Waals surface area (Å²) in [5, 5.41) is 12.9. The molecule has 1 amide bonds. The van der Waals surface area contributed by atoms with Crippen molar-refractivity contribution in [3.63, 3.8) is 0 Å². The first-order valence-electron chi connectivity index (χ1n) is 5.96. The number of fused-ring (bicyclic) bond motifs is 1. The zero-order valence-corrected chi connectivity index (χ0v) is 10.7. The smallest absolute Gasteiger partial charge is 0.240 e. The first kappa shape index (κ1) is 13.3. The Morgan fingerprint density at radius 2 is 2.06 bits per heavy atom. The van der Waals surface area contributed by atoms with Gasteiger partial charge in [-0.05, 0) is 24.0 Å². The zero-order chi connectivity index (χ0) is 12.0. The van der Waals surface area contributed by atoms with Gasteiger partial charge in [-0.15, -0.1) is 12.4 Å². The molecule has 1 fully saturated rings. The van der Waals surface area contributed by atoms with Crippen LogP contribution in [0.2, 0.25) is 0 Å². The summed E-state index contributed by atoms with van der Waals surface area (Å²) in [4.78, 5) is 11.9. The van der Waals surface area contributed by atoms with E-state index in [1.807, 2.05) is 24.3 Å². The number of benzene rings is 1. The molecule has 18 heavy (non-hydrogen) atoms. The van der Waals surface area contributed by atoms with Crippen LogP contribution in [0, 0.1) is 0 Å². The molecular formula is C13H17ClN2O2. The quantitative estimate of drug-likeness (QED) is 0.738. The van der Waals surface area contributed by atoms with Crippen molar-refractivity contribution in [1.29, 1.82) is 0 Å². The van der Waals surface area contributed by atoms with Crippen molar-refractivity contribution in [3.8, 4) is 0 Å². The Bertz CT molecular complexity index is 474. The third-order valence-corrected chi connectivity index (χ3v) is 3.73. The second kappa shape index (κ2) is 4.53. The molecule has 0 bridgehead atoms. The van der Waals surface area contributed by atoms with Crippen LogP contribution in [-0.4, -0.2) is 22.7 Å².